The van der Waals surface area contributed by atoms with Crippen molar-refractivity contribution in [1.29, 1.82) is 0 Å². The number of halogens is 1. The van der Waals surface area contributed by atoms with Crippen LogP contribution < -0.4 is 10.6 Å². The van der Waals surface area contributed by atoms with E-state index in [9.17, 15) is 4.79 Å². The van der Waals surface area contributed by atoms with Crippen molar-refractivity contribution in [3.8, 4) is 0 Å². The van der Waals surface area contributed by atoms with Crippen LogP contribution in [0, 0.1) is 6.92 Å². The van der Waals surface area contributed by atoms with Crippen molar-refractivity contribution >= 4 is 29.1 Å². The molecule has 8 heteroatoms. The maximum atomic E-state index is 11.6. The van der Waals surface area contributed by atoms with Crippen LogP contribution in [0.1, 0.15) is 31.2 Å². The topological polar surface area (TPSA) is 84.2 Å². The minimum Gasteiger partial charge on any atom is -0.370 e. The third kappa shape index (κ3) is 3.24. The number of nitrogens with zero attached hydrogens (tertiary/aromatic N) is 4. The summed E-state index contributed by atoms with van der Waals surface area (Å²) in [4.78, 5) is 19.8. The van der Waals surface area contributed by atoms with Gasteiger partial charge in [0.25, 0.3) is 5.78 Å². The Hall–Kier alpha value is -1.89. The summed E-state index contributed by atoms with van der Waals surface area (Å²) in [6.45, 7) is 2.53. The van der Waals surface area contributed by atoms with E-state index in [1.807, 2.05) is 6.92 Å². The Labute approximate surface area is 127 Å². The van der Waals surface area contributed by atoms with Gasteiger partial charge in [0.15, 0.2) is 0 Å². The number of anilines is 1. The third-order valence-electron chi connectivity index (χ3n) is 3.42. The highest BCUT2D eigenvalue weighted by molar-refractivity contribution is 6.30. The summed E-state index contributed by atoms with van der Waals surface area (Å²) >= 11 is 6.08. The van der Waals surface area contributed by atoms with Crippen LogP contribution in [0.5, 0.6) is 0 Å². The molecule has 0 saturated heterocycles. The summed E-state index contributed by atoms with van der Waals surface area (Å²) in [5.41, 5.74) is 0.817. The Balaban J connectivity index is 1.58. The van der Waals surface area contributed by atoms with Crippen LogP contribution in [0.2, 0.25) is 5.15 Å². The number of carbonyl (C=O) groups excluding carboxylic acids is 1. The van der Waals surface area contributed by atoms with Crippen molar-refractivity contribution < 1.29 is 4.79 Å². The zero-order chi connectivity index (χ0) is 14.8. The van der Waals surface area contributed by atoms with Gasteiger partial charge in [0.1, 0.15) is 17.3 Å². The van der Waals surface area contributed by atoms with Gasteiger partial charge in [-0.15, -0.1) is 0 Å². The molecule has 112 valence electrons. The predicted molar refractivity (Wildman–Crippen MR) is 79.4 cm³/mol. The fraction of sp³-hybridized carbons (Fsp3) is 0.538. The Bertz CT molecular complexity index is 666. The lowest BCUT2D eigenvalue weighted by Crippen LogP contribution is -2.25. The first-order valence-electron chi connectivity index (χ1n) is 7.04. The molecule has 0 aromatic carbocycles. The molecule has 1 aliphatic rings. The second-order valence-electron chi connectivity index (χ2n) is 5.22. The summed E-state index contributed by atoms with van der Waals surface area (Å²) in [7, 11) is 0. The largest absolute Gasteiger partial charge is 0.370 e. The molecule has 1 aliphatic carbocycles. The van der Waals surface area contributed by atoms with Gasteiger partial charge in [-0.2, -0.15) is 19.6 Å². The first-order valence-corrected chi connectivity index (χ1v) is 7.42. The van der Waals surface area contributed by atoms with Gasteiger partial charge in [-0.3, -0.25) is 4.79 Å². The molecule has 1 fully saturated rings. The highest BCUT2D eigenvalue weighted by Crippen LogP contribution is 2.22. The first-order chi connectivity index (χ1) is 10.1. The third-order valence-corrected chi connectivity index (χ3v) is 3.79. The molecule has 0 aliphatic heterocycles. The average molecular weight is 309 g/mol. The van der Waals surface area contributed by atoms with Gasteiger partial charge in [0.2, 0.25) is 5.91 Å². The number of hydrogen-bond acceptors (Lipinski definition) is 5. The van der Waals surface area contributed by atoms with Gasteiger partial charge in [0.05, 0.1) is 0 Å². The lowest BCUT2D eigenvalue weighted by Gasteiger charge is -2.11. The summed E-state index contributed by atoms with van der Waals surface area (Å²) in [6.07, 6.45) is 4.92. The van der Waals surface area contributed by atoms with E-state index in [4.69, 9.17) is 11.6 Å². The van der Waals surface area contributed by atoms with Crippen molar-refractivity contribution in [2.75, 3.05) is 11.9 Å². The molecule has 2 aromatic heterocycles. The number of hydrogen-bond donors (Lipinski definition) is 2. The van der Waals surface area contributed by atoms with Gasteiger partial charge in [0, 0.05) is 24.6 Å². The highest BCUT2D eigenvalue weighted by atomic mass is 35.5. The van der Waals surface area contributed by atoms with E-state index < -0.39 is 0 Å². The van der Waals surface area contributed by atoms with Crippen LogP contribution in [0.3, 0.4) is 0 Å². The monoisotopic (exact) mass is 308 g/mol. The van der Waals surface area contributed by atoms with Crippen LogP contribution in [-0.4, -0.2) is 38.1 Å². The summed E-state index contributed by atoms with van der Waals surface area (Å²) in [5.74, 6) is 1.35. The molecule has 0 radical (unpaired) electrons. The lowest BCUT2D eigenvalue weighted by molar-refractivity contribution is -0.121. The van der Waals surface area contributed by atoms with E-state index in [1.54, 1.807) is 4.52 Å². The minimum absolute atomic E-state index is 0.120. The van der Waals surface area contributed by atoms with Crippen molar-refractivity contribution in [1.82, 2.24) is 24.9 Å². The number of carbonyl (C=O) groups is 1. The quantitative estimate of drug-likeness (QED) is 0.625. The van der Waals surface area contributed by atoms with Gasteiger partial charge in [-0.05, 0) is 26.2 Å². The molecule has 0 atom stereocenters. The Morgan fingerprint density at radius 1 is 1.52 bits per heavy atom. The fourth-order valence-corrected chi connectivity index (χ4v) is 2.25. The molecule has 2 aromatic rings. The van der Waals surface area contributed by atoms with Crippen molar-refractivity contribution in [2.45, 2.75) is 38.6 Å². The zero-order valence-corrected chi connectivity index (χ0v) is 12.5. The van der Waals surface area contributed by atoms with E-state index in [-0.39, 0.29) is 5.91 Å². The smallest absolute Gasteiger partial charge is 0.255 e. The molecule has 0 unspecified atom stereocenters. The summed E-state index contributed by atoms with van der Waals surface area (Å²) < 4.78 is 1.62. The van der Waals surface area contributed by atoms with E-state index in [0.29, 0.717) is 29.9 Å². The zero-order valence-electron chi connectivity index (χ0n) is 11.8. The predicted octanol–water partition coefficient (Wildman–Crippen LogP) is 1.56. The van der Waals surface area contributed by atoms with Gasteiger partial charge < -0.3 is 10.6 Å². The summed E-state index contributed by atoms with van der Waals surface area (Å²) in [5, 5.41) is 10.8. The van der Waals surface area contributed by atoms with Crippen molar-refractivity contribution in [3.63, 3.8) is 0 Å². The maximum absolute atomic E-state index is 11.6. The molecule has 0 bridgehead atoms. The van der Waals surface area contributed by atoms with E-state index in [2.05, 4.69) is 25.7 Å². The molecule has 0 spiro atoms. The molecule has 7 nitrogen and oxygen atoms in total. The lowest BCUT2D eigenvalue weighted by atomic mass is 10.2. The van der Waals surface area contributed by atoms with Gasteiger partial charge >= 0.3 is 0 Å². The summed E-state index contributed by atoms with van der Waals surface area (Å²) in [6, 6.07) is 0.418. The molecular formula is C13H17ClN6O. The molecular weight excluding hydrogens is 292 g/mol. The SMILES string of the molecule is Cc1c(Cl)nc2ncnn2c1NCCCC(=O)NC1CC1. The second-order valence-corrected chi connectivity index (χ2v) is 5.58. The molecule has 3 rings (SSSR count). The molecule has 2 heterocycles. The second kappa shape index (κ2) is 5.85. The van der Waals surface area contributed by atoms with Crippen molar-refractivity contribution in [2.24, 2.45) is 0 Å². The number of fused-ring (bicyclic) bond motifs is 1. The number of amides is 1. The normalized spacial score (nSPS) is 14.4. The number of nitrogens with one attached hydrogen (secondary N) is 2. The van der Waals surface area contributed by atoms with Gasteiger partial charge in [-0.25, -0.2) is 0 Å². The molecule has 1 amide bonds. The average Bonchev–Trinajstić information content (AvgIpc) is 3.14. The highest BCUT2D eigenvalue weighted by Gasteiger charge is 2.22. The van der Waals surface area contributed by atoms with Crippen LogP contribution in [0.4, 0.5) is 5.82 Å². The van der Waals surface area contributed by atoms with Crippen LogP contribution >= 0.6 is 11.6 Å². The Morgan fingerprint density at radius 2 is 2.33 bits per heavy atom. The Kier molecular flexibility index (Phi) is 3.92. The number of aromatic nitrogens is 4. The van der Waals surface area contributed by atoms with Crippen molar-refractivity contribution in [3.05, 3.63) is 17.0 Å². The Morgan fingerprint density at radius 3 is 3.10 bits per heavy atom. The number of rotatable bonds is 6. The van der Waals surface area contributed by atoms with E-state index in [1.165, 1.54) is 6.33 Å². The minimum atomic E-state index is 0.120. The van der Waals surface area contributed by atoms with Crippen LogP contribution in [0.15, 0.2) is 6.33 Å². The molecule has 21 heavy (non-hydrogen) atoms. The molecule has 2 N–H and O–H groups in total. The van der Waals surface area contributed by atoms with Crippen LogP contribution in [0.25, 0.3) is 5.78 Å². The van der Waals surface area contributed by atoms with E-state index >= 15 is 0 Å². The maximum Gasteiger partial charge on any atom is 0.255 e. The fourth-order valence-electron chi connectivity index (χ4n) is 2.09. The van der Waals surface area contributed by atoms with Crippen LogP contribution in [-0.2, 0) is 4.79 Å². The van der Waals surface area contributed by atoms with E-state index in [0.717, 1.165) is 30.6 Å². The molecule has 1 saturated carbocycles. The first kappa shape index (κ1) is 14.1. The van der Waals surface area contributed by atoms with Gasteiger partial charge in [-0.1, -0.05) is 11.6 Å². The standard InChI is InChI=1S/C13H17ClN6O/c1-8-11(14)19-13-16-7-17-20(13)12(8)15-6-2-3-10(21)18-9-4-5-9/h7,9,15H,2-6H2,1H3,(H,18,21).